The molecule has 13 heavy (non-hydrogen) atoms. The molecule has 0 radical (unpaired) electrons. The second-order valence-electron chi connectivity index (χ2n) is 0. The van der Waals surface area contributed by atoms with Crippen LogP contribution in [0, 0.1) is 0 Å². The number of hydrogen-bond donors (Lipinski definition) is 0. The van der Waals surface area contributed by atoms with E-state index in [0.29, 0.717) is 0 Å². The van der Waals surface area contributed by atoms with E-state index in [0.717, 1.165) is 0 Å². The minimum Gasteiger partial charge on any atom is -3.00 e. The zero-order valence-corrected chi connectivity index (χ0v) is 19.9. The normalized spacial score (nSPS) is 0. The predicted molar refractivity (Wildman–Crippen MR) is 58.0 cm³/mol. The summed E-state index contributed by atoms with van der Waals surface area (Å²) in [5.74, 6) is 0. The Morgan fingerprint density at radius 1 is 0.231 bits per heavy atom. The number of rotatable bonds is 0. The first-order valence-electron chi connectivity index (χ1n) is 0. The van der Waals surface area contributed by atoms with Gasteiger partial charge >= 0.3 is 112 Å². The van der Waals surface area contributed by atoms with Crippen molar-refractivity contribution >= 4 is 112 Å². The molecule has 0 aliphatic heterocycles. The fraction of sp³-hybridized carbons (Fsp3) is 0. The van der Waals surface area contributed by atoms with Crippen molar-refractivity contribution in [3.8, 4) is 0 Å². The fourth-order valence-corrected chi connectivity index (χ4v) is 0. The van der Waals surface area contributed by atoms with Gasteiger partial charge in [-0.05, 0) is 0 Å². The van der Waals surface area contributed by atoms with Gasteiger partial charge in [0.15, 0.2) is 0 Å². The first kappa shape index (κ1) is 357. The average molecular weight is 525 g/mol. The molecular formula is Ga3Ge3N7. The molecular weight excluding hydrogens is 525 g/mol. The molecule has 0 aromatic heterocycles. The largest absolute Gasteiger partial charge is 4.00 e. The molecule has 0 unspecified atom stereocenters. The molecule has 0 aromatic rings. The van der Waals surface area contributed by atoms with E-state index in [4.69, 9.17) is 0 Å². The van der Waals surface area contributed by atoms with Gasteiger partial charge in [0.2, 0.25) is 0 Å². The third-order valence-corrected chi connectivity index (χ3v) is 0. The molecule has 0 spiro atoms. The van der Waals surface area contributed by atoms with Crippen molar-refractivity contribution in [1.29, 1.82) is 0 Å². The van der Waals surface area contributed by atoms with Crippen molar-refractivity contribution in [2.75, 3.05) is 0 Å². The van der Waals surface area contributed by atoms with Gasteiger partial charge in [0.25, 0.3) is 0 Å². The van der Waals surface area contributed by atoms with E-state index in [1.165, 1.54) is 0 Å². The molecule has 0 aromatic carbocycles. The zero-order valence-electron chi connectivity index (χ0n) is 6.36. The van der Waals surface area contributed by atoms with Gasteiger partial charge in [0, 0.05) is 0 Å². The maximum Gasteiger partial charge on any atom is 4.00 e. The van der Waals surface area contributed by atoms with Crippen LogP contribution in [0.3, 0.4) is 0 Å². The molecule has 0 aliphatic rings. The standard InChI is InChI=1S/3Ga.3Ge.7N/q3*+3;3*+4;7*-3. The smallest absolute Gasteiger partial charge is 3.00 e. The Morgan fingerprint density at radius 2 is 0.231 bits per heavy atom. The molecule has 13 heteroatoms. The zero-order chi connectivity index (χ0) is 0. The van der Waals surface area contributed by atoms with E-state index in [9.17, 15) is 0 Å². The van der Waals surface area contributed by atoms with E-state index in [-0.39, 0.29) is 155 Å². The van der Waals surface area contributed by atoms with E-state index < -0.39 is 0 Å². The summed E-state index contributed by atoms with van der Waals surface area (Å²) < 4.78 is 0. The summed E-state index contributed by atoms with van der Waals surface area (Å²) in [6.45, 7) is 0. The summed E-state index contributed by atoms with van der Waals surface area (Å²) in [5, 5.41) is 0. The summed E-state index contributed by atoms with van der Waals surface area (Å²) >= 11 is 0. The van der Waals surface area contributed by atoms with Crippen LogP contribution < -0.4 is 0 Å². The second kappa shape index (κ2) is 292. The number of nitrogens with zero attached hydrogens (tertiary/aromatic N) is 7. The van der Waals surface area contributed by atoms with Gasteiger partial charge in [-0.25, -0.2) is 0 Å². The molecule has 0 amide bonds. The minimum absolute atomic E-state index is 0. The third-order valence-electron chi connectivity index (χ3n) is 0. The average Bonchev–Trinajstić information content (AvgIpc) is 0. The van der Waals surface area contributed by atoms with Gasteiger partial charge in [-0.1, -0.05) is 0 Å². The van der Waals surface area contributed by atoms with Crippen molar-refractivity contribution in [3.05, 3.63) is 43.1 Å². The summed E-state index contributed by atoms with van der Waals surface area (Å²) in [5.41, 5.74) is 0. The van der Waals surface area contributed by atoms with Crippen molar-refractivity contribution in [2.45, 2.75) is 0 Å². The molecule has 0 saturated heterocycles. The Labute approximate surface area is 153 Å². The van der Waals surface area contributed by atoms with Crippen molar-refractivity contribution in [1.82, 2.24) is 0 Å². The van der Waals surface area contributed by atoms with Gasteiger partial charge in [0.05, 0.1) is 0 Å². The minimum atomic E-state index is 0. The van der Waals surface area contributed by atoms with Crippen LogP contribution in [-0.2, 0) is 0 Å². The van der Waals surface area contributed by atoms with Crippen LogP contribution in [0.5, 0.6) is 0 Å². The van der Waals surface area contributed by atoms with Crippen molar-refractivity contribution in [3.63, 3.8) is 0 Å². The molecule has 0 fully saturated rings. The third kappa shape index (κ3) is 253. The maximum atomic E-state index is 0. The molecule has 0 saturated carbocycles. The monoisotopic (exact) mass is 527 g/mol. The van der Waals surface area contributed by atoms with Crippen LogP contribution >= 0.6 is 0 Å². The Balaban J connectivity index is 0. The van der Waals surface area contributed by atoms with E-state index in [1.807, 2.05) is 0 Å². The van der Waals surface area contributed by atoms with Crippen molar-refractivity contribution < 1.29 is 0 Å². The van der Waals surface area contributed by atoms with Gasteiger partial charge in [-0.15, -0.1) is 0 Å². The van der Waals surface area contributed by atoms with Crippen LogP contribution in [0.4, 0.5) is 0 Å². The van der Waals surface area contributed by atoms with Crippen LogP contribution in [0.25, 0.3) is 43.1 Å². The molecule has 7 nitrogen and oxygen atoms in total. The first-order valence-corrected chi connectivity index (χ1v) is 0. The van der Waals surface area contributed by atoms with Gasteiger partial charge < -0.3 is 43.1 Å². The van der Waals surface area contributed by atoms with Crippen LogP contribution in [0.15, 0.2) is 0 Å². The quantitative estimate of drug-likeness (QED) is 0.374. The number of hydrogen-bond acceptors (Lipinski definition) is 0. The maximum absolute atomic E-state index is 0. The molecule has 0 N–H and O–H groups in total. The summed E-state index contributed by atoms with van der Waals surface area (Å²) in [7, 11) is 0. The Morgan fingerprint density at radius 3 is 0.231 bits per heavy atom. The van der Waals surface area contributed by atoms with Gasteiger partial charge in [0.1, 0.15) is 0 Å². The van der Waals surface area contributed by atoms with Gasteiger partial charge in [-0.3, -0.25) is 0 Å². The first-order chi connectivity index (χ1) is 0. The molecule has 0 atom stereocenters. The molecule has 0 bridgehead atoms. The van der Waals surface area contributed by atoms with E-state index >= 15 is 0 Å². The van der Waals surface area contributed by atoms with Gasteiger partial charge in [-0.2, -0.15) is 0 Å². The predicted octanol–water partition coefficient (Wildman–Crippen LogP) is -0.264. The molecule has 0 heterocycles. The second-order valence-corrected chi connectivity index (χ2v) is 0. The van der Waals surface area contributed by atoms with Crippen LogP contribution in [0.2, 0.25) is 0 Å². The summed E-state index contributed by atoms with van der Waals surface area (Å²) in [6, 6.07) is 0. The van der Waals surface area contributed by atoms with Crippen LogP contribution in [-0.4, -0.2) is 112 Å². The summed E-state index contributed by atoms with van der Waals surface area (Å²) in [6.07, 6.45) is 0. The Bertz CT molecular complexity index is 18.9. The molecule has 0 aliphatic carbocycles. The van der Waals surface area contributed by atoms with Crippen LogP contribution in [0.1, 0.15) is 0 Å². The van der Waals surface area contributed by atoms with Crippen molar-refractivity contribution in [2.24, 2.45) is 0 Å². The summed E-state index contributed by atoms with van der Waals surface area (Å²) in [4.78, 5) is 0. The van der Waals surface area contributed by atoms with E-state index in [2.05, 4.69) is 0 Å². The fourth-order valence-electron chi connectivity index (χ4n) is 0. The topological polar surface area (TPSA) is 214 Å². The Kier molecular flexibility index (Phi) is 8020. The Hall–Kier alpha value is 3.26. The SMILES string of the molecule is [Ga+3].[Ga+3].[Ga+3].[Ge+4].[Ge+4].[Ge+4].[N-3].[N-3].[N-3].[N-3].[N-3].[N-3].[N-3]. The molecule has 56 valence electrons. The van der Waals surface area contributed by atoms with E-state index in [1.54, 1.807) is 0 Å². The molecule has 0 rings (SSSR count).